The first-order valence-electron chi connectivity index (χ1n) is 5.86. The molecule has 2 N–H and O–H groups in total. The molecule has 1 aromatic heterocycles. The number of ether oxygens (including phenoxy) is 1. The number of halogens is 1. The van der Waals surface area contributed by atoms with Crippen LogP contribution in [0.3, 0.4) is 0 Å². The van der Waals surface area contributed by atoms with Crippen LogP contribution < -0.4 is 10.5 Å². The monoisotopic (exact) mass is 289 g/mol. The van der Waals surface area contributed by atoms with Gasteiger partial charge in [-0.05, 0) is 41.1 Å². The highest BCUT2D eigenvalue weighted by atomic mass is 35.5. The van der Waals surface area contributed by atoms with E-state index in [1.807, 2.05) is 42.5 Å². The minimum Gasteiger partial charge on any atom is -0.489 e. The second-order valence-electron chi connectivity index (χ2n) is 4.26. The molecule has 0 fully saturated rings. The van der Waals surface area contributed by atoms with Gasteiger partial charge in [-0.15, -0.1) is 11.3 Å². The van der Waals surface area contributed by atoms with Crippen molar-refractivity contribution in [2.75, 3.05) is 5.73 Å². The Balaban J connectivity index is 1.82. The molecule has 3 aromatic rings. The van der Waals surface area contributed by atoms with Crippen molar-refractivity contribution in [1.29, 1.82) is 0 Å². The molecule has 0 aliphatic carbocycles. The molecule has 0 aliphatic rings. The average molecular weight is 290 g/mol. The van der Waals surface area contributed by atoms with Gasteiger partial charge in [0.05, 0.1) is 0 Å². The third-order valence-corrected chi connectivity index (χ3v) is 4.10. The van der Waals surface area contributed by atoms with Crippen LogP contribution in [0.4, 0.5) is 5.69 Å². The van der Waals surface area contributed by atoms with Gasteiger partial charge in [-0.2, -0.15) is 0 Å². The minimum atomic E-state index is 0.532. The third kappa shape index (κ3) is 2.67. The van der Waals surface area contributed by atoms with Gasteiger partial charge in [0.1, 0.15) is 12.4 Å². The van der Waals surface area contributed by atoms with E-state index in [-0.39, 0.29) is 0 Å². The maximum Gasteiger partial charge on any atom is 0.121 e. The van der Waals surface area contributed by atoms with Crippen molar-refractivity contribution >= 4 is 38.7 Å². The van der Waals surface area contributed by atoms with E-state index in [1.165, 1.54) is 15.6 Å². The summed E-state index contributed by atoms with van der Waals surface area (Å²) in [5.41, 5.74) is 7.73. The van der Waals surface area contributed by atoms with Crippen LogP contribution in [-0.4, -0.2) is 0 Å². The molecule has 0 amide bonds. The van der Waals surface area contributed by atoms with Gasteiger partial charge in [0.15, 0.2) is 0 Å². The largest absolute Gasteiger partial charge is 0.489 e. The van der Waals surface area contributed by atoms with Crippen LogP contribution in [0.1, 0.15) is 5.56 Å². The molecule has 0 aliphatic heterocycles. The molecule has 4 heteroatoms. The molecule has 0 saturated carbocycles. The standard InChI is InChI=1S/C15H12ClNOS/c16-11-2-1-3-13(6-11)18-8-10-9-19-15-7-12(17)4-5-14(10)15/h1-7,9H,8,17H2. The van der Waals surface area contributed by atoms with E-state index in [9.17, 15) is 0 Å². The van der Waals surface area contributed by atoms with Crippen molar-refractivity contribution in [3.8, 4) is 5.75 Å². The van der Waals surface area contributed by atoms with E-state index in [4.69, 9.17) is 22.1 Å². The summed E-state index contributed by atoms with van der Waals surface area (Å²) in [6.07, 6.45) is 0. The smallest absolute Gasteiger partial charge is 0.121 e. The molecule has 0 spiro atoms. The van der Waals surface area contributed by atoms with Gasteiger partial charge in [0, 0.05) is 21.0 Å². The van der Waals surface area contributed by atoms with Crippen LogP contribution >= 0.6 is 22.9 Å². The first-order valence-corrected chi connectivity index (χ1v) is 7.12. The van der Waals surface area contributed by atoms with E-state index in [2.05, 4.69) is 5.38 Å². The first-order chi connectivity index (χ1) is 9.22. The molecule has 3 rings (SSSR count). The quantitative estimate of drug-likeness (QED) is 0.708. The molecular weight excluding hydrogens is 278 g/mol. The summed E-state index contributed by atoms with van der Waals surface area (Å²) in [6, 6.07) is 13.4. The third-order valence-electron chi connectivity index (χ3n) is 2.87. The topological polar surface area (TPSA) is 35.2 Å². The molecule has 0 atom stereocenters. The minimum absolute atomic E-state index is 0.532. The van der Waals surface area contributed by atoms with Gasteiger partial charge >= 0.3 is 0 Å². The molecule has 2 nitrogen and oxygen atoms in total. The number of fused-ring (bicyclic) bond motifs is 1. The summed E-state index contributed by atoms with van der Waals surface area (Å²) in [7, 11) is 0. The summed E-state index contributed by atoms with van der Waals surface area (Å²) >= 11 is 7.61. The lowest BCUT2D eigenvalue weighted by molar-refractivity contribution is 0.308. The van der Waals surface area contributed by atoms with E-state index >= 15 is 0 Å². The zero-order valence-corrected chi connectivity index (χ0v) is 11.7. The predicted molar refractivity (Wildman–Crippen MR) is 82.0 cm³/mol. The fourth-order valence-corrected chi connectivity index (χ4v) is 3.10. The fraction of sp³-hybridized carbons (Fsp3) is 0.0667. The Hall–Kier alpha value is -1.71. The van der Waals surface area contributed by atoms with Crippen molar-refractivity contribution in [1.82, 2.24) is 0 Å². The number of nitrogens with two attached hydrogens (primary N) is 1. The van der Waals surface area contributed by atoms with E-state index in [0.29, 0.717) is 11.6 Å². The number of hydrogen-bond donors (Lipinski definition) is 1. The highest BCUT2D eigenvalue weighted by Gasteiger charge is 2.05. The maximum absolute atomic E-state index is 5.93. The van der Waals surface area contributed by atoms with Crippen molar-refractivity contribution in [2.24, 2.45) is 0 Å². The Labute approximate surface area is 120 Å². The SMILES string of the molecule is Nc1ccc2c(COc3cccc(Cl)c3)csc2c1. The summed E-state index contributed by atoms with van der Waals surface area (Å²) in [5, 5.41) is 3.98. The molecule has 0 saturated heterocycles. The van der Waals surface area contributed by atoms with Crippen LogP contribution in [0.25, 0.3) is 10.1 Å². The number of hydrogen-bond acceptors (Lipinski definition) is 3. The van der Waals surface area contributed by atoms with Crippen LogP contribution in [-0.2, 0) is 6.61 Å². The fourth-order valence-electron chi connectivity index (χ4n) is 1.93. The average Bonchev–Trinajstić information content (AvgIpc) is 2.78. The molecule has 0 radical (unpaired) electrons. The summed E-state index contributed by atoms with van der Waals surface area (Å²) in [4.78, 5) is 0. The van der Waals surface area contributed by atoms with E-state index in [1.54, 1.807) is 11.3 Å². The van der Waals surface area contributed by atoms with Crippen molar-refractivity contribution < 1.29 is 4.74 Å². The van der Waals surface area contributed by atoms with Crippen LogP contribution in [0.5, 0.6) is 5.75 Å². The molecular formula is C15H12ClNOS. The lowest BCUT2D eigenvalue weighted by Crippen LogP contribution is -1.94. The Bertz CT molecular complexity index is 723. The number of rotatable bonds is 3. The lowest BCUT2D eigenvalue weighted by atomic mass is 10.2. The Kier molecular flexibility index (Phi) is 3.32. The van der Waals surface area contributed by atoms with Gasteiger partial charge in [-0.3, -0.25) is 0 Å². The Morgan fingerprint density at radius 3 is 2.89 bits per heavy atom. The number of thiophene rings is 1. The second kappa shape index (κ2) is 5.11. The first kappa shape index (κ1) is 12.3. The molecule has 2 aromatic carbocycles. The lowest BCUT2D eigenvalue weighted by Gasteiger charge is -2.05. The summed E-state index contributed by atoms with van der Waals surface area (Å²) in [5.74, 6) is 0.780. The Morgan fingerprint density at radius 2 is 2.05 bits per heavy atom. The zero-order chi connectivity index (χ0) is 13.2. The molecule has 0 unspecified atom stereocenters. The van der Waals surface area contributed by atoms with Crippen molar-refractivity contribution in [3.05, 3.63) is 58.4 Å². The highest BCUT2D eigenvalue weighted by molar-refractivity contribution is 7.17. The van der Waals surface area contributed by atoms with Crippen molar-refractivity contribution in [2.45, 2.75) is 6.61 Å². The molecule has 1 heterocycles. The van der Waals surface area contributed by atoms with Gasteiger partial charge in [0.2, 0.25) is 0 Å². The van der Waals surface area contributed by atoms with Crippen LogP contribution in [0.15, 0.2) is 47.8 Å². The molecule has 96 valence electrons. The van der Waals surface area contributed by atoms with Gasteiger partial charge in [-0.1, -0.05) is 23.7 Å². The molecule has 0 bridgehead atoms. The summed E-state index contributed by atoms with van der Waals surface area (Å²) in [6.45, 7) is 0.532. The zero-order valence-electron chi connectivity index (χ0n) is 10.1. The number of benzene rings is 2. The van der Waals surface area contributed by atoms with Crippen LogP contribution in [0, 0.1) is 0 Å². The van der Waals surface area contributed by atoms with Gasteiger partial charge in [0.25, 0.3) is 0 Å². The summed E-state index contributed by atoms with van der Waals surface area (Å²) < 4.78 is 6.95. The maximum atomic E-state index is 5.93. The highest BCUT2D eigenvalue weighted by Crippen LogP contribution is 2.29. The normalized spacial score (nSPS) is 10.8. The predicted octanol–water partition coefficient (Wildman–Crippen LogP) is 4.72. The number of anilines is 1. The Morgan fingerprint density at radius 1 is 1.16 bits per heavy atom. The van der Waals surface area contributed by atoms with E-state index < -0.39 is 0 Å². The second-order valence-corrected chi connectivity index (χ2v) is 5.61. The molecule has 19 heavy (non-hydrogen) atoms. The van der Waals surface area contributed by atoms with Crippen molar-refractivity contribution in [3.63, 3.8) is 0 Å². The van der Waals surface area contributed by atoms with Crippen LogP contribution in [0.2, 0.25) is 5.02 Å². The van der Waals surface area contributed by atoms with E-state index in [0.717, 1.165) is 11.4 Å². The number of nitrogen functional groups attached to an aromatic ring is 1. The van der Waals surface area contributed by atoms with Gasteiger partial charge < -0.3 is 10.5 Å². The van der Waals surface area contributed by atoms with Gasteiger partial charge in [-0.25, -0.2) is 0 Å².